The molecule has 0 aliphatic heterocycles. The molecule has 1 aromatic rings. The minimum absolute atomic E-state index is 0.158. The SMILES string of the molecule is Cc1ccc(C(N)=S)cc1NC(=O)OC(C)C. The van der Waals surface area contributed by atoms with Crippen LogP contribution in [-0.2, 0) is 4.74 Å². The van der Waals surface area contributed by atoms with Gasteiger partial charge in [-0.05, 0) is 32.4 Å². The molecule has 5 heteroatoms. The van der Waals surface area contributed by atoms with Crippen molar-refractivity contribution in [1.29, 1.82) is 0 Å². The fourth-order valence-corrected chi connectivity index (χ4v) is 1.39. The molecule has 3 N–H and O–H groups in total. The molecule has 0 spiro atoms. The molecule has 0 aliphatic rings. The van der Waals surface area contributed by atoms with Gasteiger partial charge in [0.1, 0.15) is 4.99 Å². The normalized spacial score (nSPS) is 10.1. The number of amides is 1. The molecule has 1 aromatic carbocycles. The third-order valence-corrected chi connectivity index (χ3v) is 2.34. The van der Waals surface area contributed by atoms with Crippen molar-refractivity contribution in [1.82, 2.24) is 0 Å². The first-order chi connectivity index (χ1) is 7.90. The van der Waals surface area contributed by atoms with Crippen LogP contribution >= 0.6 is 12.2 Å². The molecule has 1 amide bonds. The van der Waals surface area contributed by atoms with Crippen molar-refractivity contribution in [3.63, 3.8) is 0 Å². The summed E-state index contributed by atoms with van der Waals surface area (Å²) in [7, 11) is 0. The van der Waals surface area contributed by atoms with Crippen LogP contribution in [0, 0.1) is 6.92 Å². The molecule has 0 saturated heterocycles. The zero-order valence-corrected chi connectivity index (χ0v) is 10.9. The number of thiocarbonyl (C=S) groups is 1. The van der Waals surface area contributed by atoms with E-state index in [2.05, 4.69) is 5.32 Å². The fourth-order valence-electron chi connectivity index (χ4n) is 1.26. The third-order valence-electron chi connectivity index (χ3n) is 2.10. The lowest BCUT2D eigenvalue weighted by molar-refractivity contribution is 0.130. The molecular formula is C12H16N2O2S. The monoisotopic (exact) mass is 252 g/mol. The Hall–Kier alpha value is -1.62. The van der Waals surface area contributed by atoms with Gasteiger partial charge in [-0.3, -0.25) is 5.32 Å². The van der Waals surface area contributed by atoms with Crippen molar-refractivity contribution in [2.75, 3.05) is 5.32 Å². The van der Waals surface area contributed by atoms with Crippen molar-refractivity contribution >= 4 is 29.0 Å². The van der Waals surface area contributed by atoms with Crippen LogP contribution < -0.4 is 11.1 Å². The van der Waals surface area contributed by atoms with Crippen molar-refractivity contribution in [2.45, 2.75) is 26.9 Å². The number of rotatable bonds is 3. The van der Waals surface area contributed by atoms with Crippen LogP contribution in [0.15, 0.2) is 18.2 Å². The molecule has 92 valence electrons. The minimum atomic E-state index is -0.483. The lowest BCUT2D eigenvalue weighted by Gasteiger charge is -2.12. The predicted molar refractivity (Wildman–Crippen MR) is 72.3 cm³/mol. The van der Waals surface area contributed by atoms with Gasteiger partial charge in [0.05, 0.1) is 6.10 Å². The van der Waals surface area contributed by atoms with Crippen molar-refractivity contribution in [3.05, 3.63) is 29.3 Å². The molecule has 0 radical (unpaired) electrons. The molecule has 0 heterocycles. The van der Waals surface area contributed by atoms with E-state index < -0.39 is 6.09 Å². The van der Waals surface area contributed by atoms with Crippen LogP contribution in [0.25, 0.3) is 0 Å². The number of ether oxygens (including phenoxy) is 1. The fraction of sp³-hybridized carbons (Fsp3) is 0.333. The van der Waals surface area contributed by atoms with Crippen LogP contribution in [0.4, 0.5) is 10.5 Å². The van der Waals surface area contributed by atoms with Gasteiger partial charge in [0.2, 0.25) is 0 Å². The summed E-state index contributed by atoms with van der Waals surface area (Å²) < 4.78 is 5.00. The van der Waals surface area contributed by atoms with E-state index in [9.17, 15) is 4.79 Å². The summed E-state index contributed by atoms with van der Waals surface area (Å²) >= 11 is 4.88. The maximum atomic E-state index is 11.5. The standard InChI is InChI=1S/C12H16N2O2S/c1-7(2)16-12(15)14-10-6-9(11(13)17)5-4-8(10)3/h4-7H,1-3H3,(H2,13,17)(H,14,15). The van der Waals surface area contributed by atoms with Gasteiger partial charge >= 0.3 is 6.09 Å². The van der Waals surface area contributed by atoms with Crippen LogP contribution in [0.5, 0.6) is 0 Å². The Morgan fingerprint density at radius 2 is 2.12 bits per heavy atom. The molecular weight excluding hydrogens is 236 g/mol. The number of hydrogen-bond donors (Lipinski definition) is 2. The first-order valence-electron chi connectivity index (χ1n) is 5.28. The van der Waals surface area contributed by atoms with E-state index in [1.54, 1.807) is 19.9 Å². The van der Waals surface area contributed by atoms with E-state index in [0.717, 1.165) is 5.56 Å². The van der Waals surface area contributed by atoms with Crippen LogP contribution in [0.1, 0.15) is 25.0 Å². The second-order valence-corrected chi connectivity index (χ2v) is 4.41. The van der Waals surface area contributed by atoms with Crippen molar-refractivity contribution in [3.8, 4) is 0 Å². The van der Waals surface area contributed by atoms with Crippen LogP contribution in [0.3, 0.4) is 0 Å². The Morgan fingerprint density at radius 3 is 2.65 bits per heavy atom. The molecule has 0 atom stereocenters. The molecule has 0 bridgehead atoms. The number of nitrogens with two attached hydrogens (primary N) is 1. The van der Waals surface area contributed by atoms with Crippen molar-refractivity contribution in [2.24, 2.45) is 5.73 Å². The largest absolute Gasteiger partial charge is 0.447 e. The molecule has 0 saturated carbocycles. The summed E-state index contributed by atoms with van der Waals surface area (Å²) in [5.74, 6) is 0. The van der Waals surface area contributed by atoms with Crippen LogP contribution in [0.2, 0.25) is 0 Å². The summed E-state index contributed by atoms with van der Waals surface area (Å²) in [5, 5.41) is 2.66. The van der Waals surface area contributed by atoms with Gasteiger partial charge in [0, 0.05) is 11.3 Å². The second kappa shape index (κ2) is 5.63. The summed E-state index contributed by atoms with van der Waals surface area (Å²) in [6, 6.07) is 5.40. The predicted octanol–water partition coefficient (Wildman–Crippen LogP) is 2.59. The van der Waals surface area contributed by atoms with Gasteiger partial charge < -0.3 is 10.5 Å². The summed E-state index contributed by atoms with van der Waals surface area (Å²) in [6.07, 6.45) is -0.641. The highest BCUT2D eigenvalue weighted by molar-refractivity contribution is 7.80. The number of nitrogens with one attached hydrogen (secondary N) is 1. The molecule has 17 heavy (non-hydrogen) atoms. The molecule has 4 nitrogen and oxygen atoms in total. The Kier molecular flexibility index (Phi) is 4.45. The first-order valence-corrected chi connectivity index (χ1v) is 5.69. The smallest absolute Gasteiger partial charge is 0.411 e. The van der Waals surface area contributed by atoms with Gasteiger partial charge in [-0.2, -0.15) is 0 Å². The Labute approximate surface area is 106 Å². The van der Waals surface area contributed by atoms with E-state index in [1.807, 2.05) is 19.1 Å². The Morgan fingerprint density at radius 1 is 1.47 bits per heavy atom. The summed E-state index contributed by atoms with van der Waals surface area (Å²) in [6.45, 7) is 5.46. The van der Waals surface area contributed by atoms with Gasteiger partial charge in [-0.1, -0.05) is 24.4 Å². The Balaban J connectivity index is 2.86. The summed E-state index contributed by atoms with van der Waals surface area (Å²) in [4.78, 5) is 11.8. The maximum absolute atomic E-state index is 11.5. The third kappa shape index (κ3) is 4.03. The number of benzene rings is 1. The average molecular weight is 252 g/mol. The van der Waals surface area contributed by atoms with E-state index in [0.29, 0.717) is 16.2 Å². The van der Waals surface area contributed by atoms with E-state index in [4.69, 9.17) is 22.7 Å². The maximum Gasteiger partial charge on any atom is 0.411 e. The van der Waals surface area contributed by atoms with Gasteiger partial charge in [-0.25, -0.2) is 4.79 Å². The highest BCUT2D eigenvalue weighted by Crippen LogP contribution is 2.17. The summed E-state index contributed by atoms with van der Waals surface area (Å²) in [5.41, 5.74) is 7.82. The number of anilines is 1. The van der Waals surface area contributed by atoms with Gasteiger partial charge in [-0.15, -0.1) is 0 Å². The zero-order valence-electron chi connectivity index (χ0n) is 10.1. The van der Waals surface area contributed by atoms with Crippen molar-refractivity contribution < 1.29 is 9.53 Å². The average Bonchev–Trinajstić information content (AvgIpc) is 2.19. The first kappa shape index (κ1) is 13.4. The van der Waals surface area contributed by atoms with Crippen LogP contribution in [-0.4, -0.2) is 17.2 Å². The highest BCUT2D eigenvalue weighted by atomic mass is 32.1. The quantitative estimate of drug-likeness (QED) is 0.812. The lowest BCUT2D eigenvalue weighted by atomic mass is 10.1. The molecule has 0 aromatic heterocycles. The minimum Gasteiger partial charge on any atom is -0.447 e. The Bertz CT molecular complexity index is 444. The second-order valence-electron chi connectivity index (χ2n) is 3.97. The molecule has 0 aliphatic carbocycles. The molecule has 0 unspecified atom stereocenters. The molecule has 0 fully saturated rings. The number of carbonyl (C=O) groups is 1. The van der Waals surface area contributed by atoms with Gasteiger partial charge in [0.25, 0.3) is 0 Å². The number of aryl methyl sites for hydroxylation is 1. The van der Waals surface area contributed by atoms with Gasteiger partial charge in [0.15, 0.2) is 0 Å². The highest BCUT2D eigenvalue weighted by Gasteiger charge is 2.08. The topological polar surface area (TPSA) is 64.3 Å². The number of carbonyl (C=O) groups excluding carboxylic acids is 1. The zero-order chi connectivity index (χ0) is 13.0. The molecule has 1 rings (SSSR count). The van der Waals surface area contributed by atoms with E-state index >= 15 is 0 Å². The van der Waals surface area contributed by atoms with E-state index in [-0.39, 0.29) is 6.10 Å². The van der Waals surface area contributed by atoms with E-state index in [1.165, 1.54) is 0 Å². The lowest BCUT2D eigenvalue weighted by Crippen LogP contribution is -2.19. The number of hydrogen-bond acceptors (Lipinski definition) is 3.